The van der Waals surface area contributed by atoms with Gasteiger partial charge in [0.15, 0.2) is 0 Å². The first-order valence-electron chi connectivity index (χ1n) is 7.81. The molecule has 0 bridgehead atoms. The minimum atomic E-state index is 0.745. The Hall–Kier alpha value is -2.29. The minimum Gasteiger partial charge on any atom is -0.494 e. The van der Waals surface area contributed by atoms with E-state index < -0.39 is 0 Å². The van der Waals surface area contributed by atoms with Gasteiger partial charge >= 0.3 is 0 Å². The first-order chi connectivity index (χ1) is 10.8. The van der Waals surface area contributed by atoms with E-state index in [1.807, 2.05) is 54.7 Å². The fraction of sp³-hybridized carbons (Fsp3) is 0.316. The van der Waals surface area contributed by atoms with Crippen molar-refractivity contribution < 1.29 is 9.47 Å². The number of aliphatic imine (C=N–C) groups is 1. The van der Waals surface area contributed by atoms with E-state index in [0.29, 0.717) is 0 Å². The van der Waals surface area contributed by atoms with Crippen molar-refractivity contribution >= 4 is 11.9 Å². The topological polar surface area (TPSA) is 30.8 Å². The van der Waals surface area contributed by atoms with Gasteiger partial charge in [0.25, 0.3) is 0 Å². The molecular formula is C19H23NO2. The van der Waals surface area contributed by atoms with E-state index in [4.69, 9.17) is 9.47 Å². The standard InChI is InChI=1S/C19H23NO2/c1-3-13-21-18-9-5-16(6-10-18)15-20-17-7-11-19(12-8-17)22-14-4-2/h5-12,15H,3-4,13-14H2,1-2H3. The van der Waals surface area contributed by atoms with Crippen molar-refractivity contribution in [3.63, 3.8) is 0 Å². The van der Waals surface area contributed by atoms with Gasteiger partial charge in [-0.1, -0.05) is 13.8 Å². The van der Waals surface area contributed by atoms with E-state index >= 15 is 0 Å². The molecule has 0 saturated heterocycles. The second kappa shape index (κ2) is 8.88. The maximum Gasteiger partial charge on any atom is 0.119 e. The molecular weight excluding hydrogens is 274 g/mol. The maximum absolute atomic E-state index is 5.56. The van der Waals surface area contributed by atoms with Gasteiger partial charge < -0.3 is 9.47 Å². The van der Waals surface area contributed by atoms with Crippen LogP contribution in [0.3, 0.4) is 0 Å². The van der Waals surface area contributed by atoms with Crippen molar-refractivity contribution in [1.29, 1.82) is 0 Å². The number of rotatable bonds is 8. The summed E-state index contributed by atoms with van der Waals surface area (Å²) in [5, 5.41) is 0. The zero-order chi connectivity index (χ0) is 15.6. The van der Waals surface area contributed by atoms with E-state index in [1.165, 1.54) is 0 Å². The Morgan fingerprint density at radius 3 is 1.77 bits per heavy atom. The van der Waals surface area contributed by atoms with Crippen LogP contribution in [-0.4, -0.2) is 19.4 Å². The lowest BCUT2D eigenvalue weighted by Gasteiger charge is -2.04. The molecule has 0 aromatic heterocycles. The molecule has 3 heteroatoms. The Morgan fingerprint density at radius 2 is 1.27 bits per heavy atom. The molecule has 0 aliphatic carbocycles. The number of nitrogens with zero attached hydrogens (tertiary/aromatic N) is 1. The highest BCUT2D eigenvalue weighted by molar-refractivity contribution is 5.82. The largest absolute Gasteiger partial charge is 0.494 e. The Bertz CT molecular complexity index is 520. The maximum atomic E-state index is 5.56. The second-order valence-electron chi connectivity index (χ2n) is 5.02. The molecule has 2 rings (SSSR count). The lowest BCUT2D eigenvalue weighted by Crippen LogP contribution is -1.94. The normalized spacial score (nSPS) is 10.8. The molecule has 0 radical (unpaired) electrons. The molecule has 22 heavy (non-hydrogen) atoms. The molecule has 0 spiro atoms. The summed E-state index contributed by atoms with van der Waals surface area (Å²) in [6, 6.07) is 15.8. The van der Waals surface area contributed by atoms with Crippen molar-refractivity contribution in [1.82, 2.24) is 0 Å². The Kier molecular flexibility index (Phi) is 6.49. The van der Waals surface area contributed by atoms with Crippen LogP contribution < -0.4 is 9.47 Å². The van der Waals surface area contributed by atoms with Crippen LogP contribution in [0.15, 0.2) is 53.5 Å². The van der Waals surface area contributed by atoms with Crippen LogP contribution >= 0.6 is 0 Å². The summed E-state index contributed by atoms with van der Waals surface area (Å²) in [6.07, 6.45) is 3.88. The van der Waals surface area contributed by atoms with Crippen molar-refractivity contribution in [2.75, 3.05) is 13.2 Å². The average molecular weight is 297 g/mol. The third kappa shape index (κ3) is 5.24. The van der Waals surface area contributed by atoms with E-state index in [1.54, 1.807) is 0 Å². The molecule has 0 atom stereocenters. The van der Waals surface area contributed by atoms with Crippen LogP contribution in [0.25, 0.3) is 0 Å². The van der Waals surface area contributed by atoms with E-state index in [9.17, 15) is 0 Å². The van der Waals surface area contributed by atoms with Gasteiger partial charge in [0, 0.05) is 6.21 Å². The fourth-order valence-electron chi connectivity index (χ4n) is 1.87. The summed E-state index contributed by atoms with van der Waals surface area (Å²) < 4.78 is 11.1. The molecule has 0 aliphatic heterocycles. The van der Waals surface area contributed by atoms with Crippen molar-refractivity contribution in [3.8, 4) is 11.5 Å². The molecule has 0 fully saturated rings. The van der Waals surface area contributed by atoms with Crippen molar-refractivity contribution in [2.24, 2.45) is 4.99 Å². The monoisotopic (exact) mass is 297 g/mol. The molecule has 0 unspecified atom stereocenters. The molecule has 2 aromatic rings. The molecule has 0 N–H and O–H groups in total. The third-order valence-corrected chi connectivity index (χ3v) is 3.03. The highest BCUT2D eigenvalue weighted by Crippen LogP contribution is 2.18. The number of hydrogen-bond donors (Lipinski definition) is 0. The summed E-state index contributed by atoms with van der Waals surface area (Å²) in [7, 11) is 0. The fourth-order valence-corrected chi connectivity index (χ4v) is 1.87. The van der Waals surface area contributed by atoms with Crippen LogP contribution in [-0.2, 0) is 0 Å². The van der Waals surface area contributed by atoms with Gasteiger partial charge in [-0.25, -0.2) is 0 Å². The van der Waals surface area contributed by atoms with Gasteiger partial charge in [-0.05, 0) is 66.9 Å². The van der Waals surface area contributed by atoms with E-state index in [2.05, 4.69) is 18.8 Å². The molecule has 0 amide bonds. The zero-order valence-electron chi connectivity index (χ0n) is 13.3. The molecule has 0 aliphatic rings. The molecule has 3 nitrogen and oxygen atoms in total. The molecule has 0 heterocycles. The number of ether oxygens (including phenoxy) is 2. The van der Waals surface area contributed by atoms with Crippen molar-refractivity contribution in [2.45, 2.75) is 26.7 Å². The average Bonchev–Trinajstić information content (AvgIpc) is 2.58. The van der Waals surface area contributed by atoms with Gasteiger partial charge in [0.2, 0.25) is 0 Å². The van der Waals surface area contributed by atoms with Crippen LogP contribution in [0.2, 0.25) is 0 Å². The van der Waals surface area contributed by atoms with Crippen LogP contribution in [0.5, 0.6) is 11.5 Å². The lowest BCUT2D eigenvalue weighted by molar-refractivity contribution is 0.317. The summed E-state index contributed by atoms with van der Waals surface area (Å²) in [6.45, 7) is 5.69. The SMILES string of the molecule is CCCOc1ccc(C=Nc2ccc(OCCC)cc2)cc1. The van der Waals surface area contributed by atoms with E-state index in [0.717, 1.165) is 48.8 Å². The Labute approximate surface area is 132 Å². The predicted molar refractivity (Wildman–Crippen MR) is 91.7 cm³/mol. The first kappa shape index (κ1) is 16.1. The second-order valence-corrected chi connectivity index (χ2v) is 5.02. The van der Waals surface area contributed by atoms with Crippen LogP contribution in [0.4, 0.5) is 5.69 Å². The molecule has 2 aromatic carbocycles. The minimum absolute atomic E-state index is 0.745. The van der Waals surface area contributed by atoms with Gasteiger partial charge in [0.1, 0.15) is 11.5 Å². The van der Waals surface area contributed by atoms with Gasteiger partial charge in [-0.15, -0.1) is 0 Å². The van der Waals surface area contributed by atoms with Crippen LogP contribution in [0.1, 0.15) is 32.3 Å². The predicted octanol–water partition coefficient (Wildman–Crippen LogP) is 5.01. The lowest BCUT2D eigenvalue weighted by atomic mass is 10.2. The number of benzene rings is 2. The Balaban J connectivity index is 1.93. The third-order valence-electron chi connectivity index (χ3n) is 3.03. The summed E-state index contributed by atoms with van der Waals surface area (Å²) >= 11 is 0. The number of hydrogen-bond acceptors (Lipinski definition) is 3. The smallest absolute Gasteiger partial charge is 0.119 e. The van der Waals surface area contributed by atoms with Gasteiger partial charge in [-0.3, -0.25) is 4.99 Å². The Morgan fingerprint density at radius 1 is 0.773 bits per heavy atom. The van der Waals surface area contributed by atoms with Gasteiger partial charge in [0.05, 0.1) is 18.9 Å². The molecule has 116 valence electrons. The summed E-state index contributed by atoms with van der Waals surface area (Å²) in [5.41, 5.74) is 1.96. The first-order valence-corrected chi connectivity index (χ1v) is 7.81. The van der Waals surface area contributed by atoms with E-state index in [-0.39, 0.29) is 0 Å². The van der Waals surface area contributed by atoms with Crippen LogP contribution in [0, 0.1) is 0 Å². The van der Waals surface area contributed by atoms with Gasteiger partial charge in [-0.2, -0.15) is 0 Å². The summed E-state index contributed by atoms with van der Waals surface area (Å²) in [5.74, 6) is 1.79. The van der Waals surface area contributed by atoms with Crippen molar-refractivity contribution in [3.05, 3.63) is 54.1 Å². The highest BCUT2D eigenvalue weighted by atomic mass is 16.5. The zero-order valence-corrected chi connectivity index (χ0v) is 13.3. The highest BCUT2D eigenvalue weighted by Gasteiger charge is 1.95. The quantitative estimate of drug-likeness (QED) is 0.641. The summed E-state index contributed by atoms with van der Waals surface area (Å²) in [4.78, 5) is 4.47. The molecule has 0 saturated carbocycles.